The molecular formula is C21H30FNO3. The third-order valence-corrected chi connectivity index (χ3v) is 5.74. The summed E-state index contributed by atoms with van der Waals surface area (Å²) in [5.74, 6) is -0.0248. The van der Waals surface area contributed by atoms with E-state index >= 15 is 0 Å². The minimum atomic E-state index is -1.07. The topological polar surface area (TPSA) is 49.8 Å². The first-order valence-electron chi connectivity index (χ1n) is 9.42. The van der Waals surface area contributed by atoms with Crippen molar-refractivity contribution < 1.29 is 19.0 Å². The van der Waals surface area contributed by atoms with Gasteiger partial charge < -0.3 is 14.7 Å². The van der Waals surface area contributed by atoms with E-state index in [2.05, 4.69) is 4.90 Å². The number of halogens is 1. The van der Waals surface area contributed by atoms with E-state index in [0.717, 1.165) is 25.8 Å². The number of aliphatic hydroxyl groups is 1. The SMILES string of the molecule is CN(C)CC1CCC2CC2[C@]1(O)c1cc(F)cc(OC(=O)C(C)(C)C)c1. The van der Waals surface area contributed by atoms with Crippen LogP contribution in [0.4, 0.5) is 4.39 Å². The van der Waals surface area contributed by atoms with Crippen LogP contribution in [0.25, 0.3) is 0 Å². The number of ether oxygens (including phenoxy) is 1. The molecule has 1 aromatic carbocycles. The van der Waals surface area contributed by atoms with Crippen LogP contribution >= 0.6 is 0 Å². The fourth-order valence-electron chi connectivity index (χ4n) is 4.28. The first-order valence-corrected chi connectivity index (χ1v) is 9.42. The van der Waals surface area contributed by atoms with Crippen molar-refractivity contribution in [2.24, 2.45) is 23.2 Å². The van der Waals surface area contributed by atoms with Gasteiger partial charge in [0, 0.05) is 18.5 Å². The van der Waals surface area contributed by atoms with Crippen LogP contribution in [0, 0.1) is 29.0 Å². The Balaban J connectivity index is 1.95. The van der Waals surface area contributed by atoms with Crippen LogP contribution in [0.2, 0.25) is 0 Å². The summed E-state index contributed by atoms with van der Waals surface area (Å²) < 4.78 is 19.7. The molecule has 2 fully saturated rings. The fraction of sp³-hybridized carbons (Fsp3) is 0.667. The van der Waals surface area contributed by atoms with Crippen molar-refractivity contribution in [2.45, 2.75) is 45.6 Å². The van der Waals surface area contributed by atoms with Gasteiger partial charge in [0.15, 0.2) is 0 Å². The average Bonchev–Trinajstić information content (AvgIpc) is 3.29. The van der Waals surface area contributed by atoms with Crippen molar-refractivity contribution in [3.8, 4) is 5.75 Å². The maximum Gasteiger partial charge on any atom is 0.316 e. The van der Waals surface area contributed by atoms with Gasteiger partial charge in [-0.15, -0.1) is 0 Å². The van der Waals surface area contributed by atoms with Gasteiger partial charge in [0.05, 0.1) is 11.0 Å². The molecule has 3 rings (SSSR count). The largest absolute Gasteiger partial charge is 0.426 e. The van der Waals surface area contributed by atoms with Crippen molar-refractivity contribution >= 4 is 5.97 Å². The molecule has 0 saturated heterocycles. The summed E-state index contributed by atoms with van der Waals surface area (Å²) in [7, 11) is 3.98. The molecule has 0 aromatic heterocycles. The molecule has 144 valence electrons. The van der Waals surface area contributed by atoms with Crippen LogP contribution in [-0.2, 0) is 10.4 Å². The molecule has 0 amide bonds. The first kappa shape index (κ1) is 19.3. The standard InChI is InChI=1S/C21H30FNO3/c1-20(2,3)19(24)26-17-10-15(9-16(22)11-17)21(25)14(12-23(4)5)7-6-13-8-18(13)21/h9-11,13-14,18,25H,6-8,12H2,1-5H3/t13?,14?,18?,21-/m1/s1. The van der Waals surface area contributed by atoms with Crippen molar-refractivity contribution in [1.29, 1.82) is 0 Å². The van der Waals surface area contributed by atoms with Gasteiger partial charge in [-0.1, -0.05) is 0 Å². The number of rotatable bonds is 4. The van der Waals surface area contributed by atoms with Crippen molar-refractivity contribution in [1.82, 2.24) is 4.90 Å². The van der Waals surface area contributed by atoms with E-state index in [0.29, 0.717) is 11.5 Å². The Kier molecular flexibility index (Phi) is 4.91. The lowest BCUT2D eigenvalue weighted by Gasteiger charge is -2.42. The monoisotopic (exact) mass is 363 g/mol. The molecule has 2 saturated carbocycles. The first-order chi connectivity index (χ1) is 12.0. The van der Waals surface area contributed by atoms with E-state index in [4.69, 9.17) is 4.74 Å². The Morgan fingerprint density at radius 3 is 2.62 bits per heavy atom. The number of esters is 1. The molecule has 0 radical (unpaired) electrons. The predicted octanol–water partition coefficient (Wildman–Crippen LogP) is 3.57. The lowest BCUT2D eigenvalue weighted by molar-refractivity contribution is -0.143. The Morgan fingerprint density at radius 1 is 1.31 bits per heavy atom. The van der Waals surface area contributed by atoms with E-state index in [9.17, 15) is 14.3 Å². The minimum absolute atomic E-state index is 0.0363. The zero-order chi connectivity index (χ0) is 19.3. The summed E-state index contributed by atoms with van der Waals surface area (Å²) in [6.07, 6.45) is 3.02. The molecule has 0 spiro atoms. The zero-order valence-electron chi connectivity index (χ0n) is 16.4. The van der Waals surface area contributed by atoms with Gasteiger partial charge in [0.25, 0.3) is 0 Å². The number of carbonyl (C=O) groups excluding carboxylic acids is 1. The van der Waals surface area contributed by atoms with Gasteiger partial charge in [0.2, 0.25) is 0 Å². The molecule has 26 heavy (non-hydrogen) atoms. The Labute approximate surface area is 155 Å². The number of nitrogens with zero attached hydrogens (tertiary/aromatic N) is 1. The van der Waals surface area contributed by atoms with Crippen LogP contribution < -0.4 is 4.74 Å². The molecule has 5 heteroatoms. The molecule has 0 bridgehead atoms. The molecule has 4 nitrogen and oxygen atoms in total. The van der Waals surface area contributed by atoms with Crippen LogP contribution in [0.5, 0.6) is 5.75 Å². The number of carbonyl (C=O) groups is 1. The maximum atomic E-state index is 14.3. The zero-order valence-corrected chi connectivity index (χ0v) is 16.4. The second kappa shape index (κ2) is 6.61. The molecule has 0 heterocycles. The Morgan fingerprint density at radius 2 is 2.00 bits per heavy atom. The number of fused-ring (bicyclic) bond motifs is 1. The smallest absolute Gasteiger partial charge is 0.316 e. The fourth-order valence-corrected chi connectivity index (χ4v) is 4.28. The van der Waals surface area contributed by atoms with Crippen LogP contribution in [0.1, 0.15) is 45.6 Å². The molecule has 1 N–H and O–H groups in total. The normalized spacial score (nSPS) is 30.8. The van der Waals surface area contributed by atoms with E-state index in [1.165, 1.54) is 12.1 Å². The average molecular weight is 363 g/mol. The highest BCUT2D eigenvalue weighted by molar-refractivity contribution is 5.77. The minimum Gasteiger partial charge on any atom is -0.426 e. The van der Waals surface area contributed by atoms with E-state index in [1.807, 2.05) is 14.1 Å². The summed E-state index contributed by atoms with van der Waals surface area (Å²) >= 11 is 0. The number of benzene rings is 1. The molecule has 2 aliphatic carbocycles. The highest BCUT2D eigenvalue weighted by Crippen LogP contribution is 2.61. The van der Waals surface area contributed by atoms with Crippen LogP contribution in [0.3, 0.4) is 0 Å². The van der Waals surface area contributed by atoms with Gasteiger partial charge in [-0.25, -0.2) is 4.39 Å². The van der Waals surface area contributed by atoms with Crippen molar-refractivity contribution in [3.05, 3.63) is 29.6 Å². The summed E-state index contributed by atoms with van der Waals surface area (Å²) in [6.45, 7) is 6.01. The second-order valence-electron chi connectivity index (χ2n) is 9.28. The van der Waals surface area contributed by atoms with Gasteiger partial charge in [-0.3, -0.25) is 4.79 Å². The Bertz CT molecular complexity index is 697. The number of hydrogen-bond acceptors (Lipinski definition) is 4. The summed E-state index contributed by atoms with van der Waals surface area (Å²) in [6, 6.07) is 4.26. The quantitative estimate of drug-likeness (QED) is 0.656. The summed E-state index contributed by atoms with van der Waals surface area (Å²) in [4.78, 5) is 14.2. The van der Waals surface area contributed by atoms with Gasteiger partial charge >= 0.3 is 5.97 Å². The van der Waals surface area contributed by atoms with Crippen molar-refractivity contribution in [2.75, 3.05) is 20.6 Å². The third-order valence-electron chi connectivity index (χ3n) is 5.74. The van der Waals surface area contributed by atoms with Gasteiger partial charge in [0.1, 0.15) is 11.6 Å². The Hall–Kier alpha value is -1.46. The molecule has 2 aliphatic rings. The summed E-state index contributed by atoms with van der Waals surface area (Å²) in [5, 5.41) is 11.7. The molecule has 4 atom stereocenters. The van der Waals surface area contributed by atoms with Gasteiger partial charge in [-0.05, 0) is 83.7 Å². The third kappa shape index (κ3) is 3.65. The lowest BCUT2D eigenvalue weighted by atomic mass is 9.71. The highest BCUT2D eigenvalue weighted by Gasteiger charge is 2.59. The second-order valence-corrected chi connectivity index (χ2v) is 9.28. The number of hydrogen-bond donors (Lipinski definition) is 1. The van der Waals surface area contributed by atoms with E-state index in [1.54, 1.807) is 26.8 Å². The predicted molar refractivity (Wildman–Crippen MR) is 98.3 cm³/mol. The van der Waals surface area contributed by atoms with Crippen LogP contribution in [0.15, 0.2) is 18.2 Å². The summed E-state index contributed by atoms with van der Waals surface area (Å²) in [5.41, 5.74) is -1.21. The van der Waals surface area contributed by atoms with E-state index in [-0.39, 0.29) is 17.6 Å². The lowest BCUT2D eigenvalue weighted by Crippen LogP contribution is -2.45. The van der Waals surface area contributed by atoms with Crippen molar-refractivity contribution in [3.63, 3.8) is 0 Å². The molecular weight excluding hydrogens is 333 g/mol. The molecule has 0 aliphatic heterocycles. The highest BCUT2D eigenvalue weighted by atomic mass is 19.1. The molecule has 3 unspecified atom stereocenters. The maximum absolute atomic E-state index is 14.3. The van der Waals surface area contributed by atoms with E-state index < -0.39 is 22.8 Å². The molecule has 1 aromatic rings. The van der Waals surface area contributed by atoms with Gasteiger partial charge in [-0.2, -0.15) is 0 Å². The van der Waals surface area contributed by atoms with Crippen LogP contribution in [-0.4, -0.2) is 36.6 Å².